The highest BCUT2D eigenvalue weighted by molar-refractivity contribution is 7.13. The van der Waals surface area contributed by atoms with Gasteiger partial charge in [-0.25, -0.2) is 0 Å². The van der Waals surface area contributed by atoms with E-state index < -0.39 is 0 Å². The normalized spacial score (nSPS) is 17.3. The number of carbonyl (C=O) groups is 1. The summed E-state index contributed by atoms with van der Waals surface area (Å²) in [5.74, 6) is -0.166. The molecule has 4 rings (SSSR count). The monoisotopic (exact) mass is 365 g/mol. The fraction of sp³-hybridized carbons (Fsp3) is 0.263. The van der Waals surface area contributed by atoms with E-state index in [2.05, 4.69) is 31.5 Å². The predicted octanol–water partition coefficient (Wildman–Crippen LogP) is 3.52. The molecule has 6 nitrogen and oxygen atoms in total. The highest BCUT2D eigenvalue weighted by Crippen LogP contribution is 2.31. The molecule has 7 heteroatoms. The second-order valence-electron chi connectivity index (χ2n) is 6.28. The van der Waals surface area contributed by atoms with Gasteiger partial charge in [0.2, 0.25) is 5.13 Å². The number of benzene rings is 1. The molecular formula is C19H19N5OS. The van der Waals surface area contributed by atoms with E-state index in [4.69, 9.17) is 0 Å². The van der Waals surface area contributed by atoms with Crippen LogP contribution in [0.15, 0.2) is 54.2 Å². The number of aromatic nitrogens is 3. The molecule has 3 heterocycles. The molecule has 1 saturated heterocycles. The van der Waals surface area contributed by atoms with Gasteiger partial charge in [-0.2, -0.15) is 0 Å². The first-order chi connectivity index (χ1) is 12.8. The van der Waals surface area contributed by atoms with Crippen LogP contribution in [0.1, 0.15) is 40.5 Å². The molecule has 1 aromatic carbocycles. The molecule has 26 heavy (non-hydrogen) atoms. The van der Waals surface area contributed by atoms with E-state index in [1.807, 2.05) is 42.6 Å². The van der Waals surface area contributed by atoms with E-state index >= 15 is 0 Å². The SMILES string of the molecule is O=C(Nc1nncs1)c1ccc(CN2CCCC2c2ccccn2)cc1. The van der Waals surface area contributed by atoms with Gasteiger partial charge in [0.25, 0.3) is 5.91 Å². The van der Waals surface area contributed by atoms with E-state index in [1.54, 1.807) is 5.51 Å². The maximum absolute atomic E-state index is 12.2. The van der Waals surface area contributed by atoms with Gasteiger partial charge in [-0.05, 0) is 49.2 Å². The number of amides is 1. The average molecular weight is 365 g/mol. The van der Waals surface area contributed by atoms with Crippen molar-refractivity contribution >= 4 is 22.4 Å². The Kier molecular flexibility index (Phi) is 4.99. The van der Waals surface area contributed by atoms with Gasteiger partial charge in [0, 0.05) is 18.3 Å². The predicted molar refractivity (Wildman–Crippen MR) is 101 cm³/mol. The van der Waals surface area contributed by atoms with Crippen molar-refractivity contribution in [2.45, 2.75) is 25.4 Å². The molecule has 1 atom stereocenters. The van der Waals surface area contributed by atoms with Crippen molar-refractivity contribution < 1.29 is 4.79 Å². The van der Waals surface area contributed by atoms with Crippen molar-refractivity contribution in [3.63, 3.8) is 0 Å². The zero-order valence-corrected chi connectivity index (χ0v) is 15.0. The Morgan fingerprint density at radius 1 is 1.23 bits per heavy atom. The summed E-state index contributed by atoms with van der Waals surface area (Å²) in [6, 6.07) is 14.2. The van der Waals surface area contributed by atoms with Crippen LogP contribution in [0.3, 0.4) is 0 Å². The molecule has 1 aliphatic rings. The Balaban J connectivity index is 1.41. The first-order valence-electron chi connectivity index (χ1n) is 8.61. The van der Waals surface area contributed by atoms with E-state index in [9.17, 15) is 4.79 Å². The molecule has 2 aromatic heterocycles. The number of nitrogens with one attached hydrogen (secondary N) is 1. The van der Waals surface area contributed by atoms with Gasteiger partial charge in [-0.15, -0.1) is 10.2 Å². The van der Waals surface area contributed by atoms with Gasteiger partial charge in [-0.3, -0.25) is 20.0 Å². The van der Waals surface area contributed by atoms with E-state index in [-0.39, 0.29) is 5.91 Å². The quantitative estimate of drug-likeness (QED) is 0.749. The second kappa shape index (κ2) is 7.72. The maximum Gasteiger partial charge on any atom is 0.257 e. The van der Waals surface area contributed by atoms with Crippen molar-refractivity contribution in [3.8, 4) is 0 Å². The molecule has 0 radical (unpaired) electrons. The van der Waals surface area contributed by atoms with Crippen LogP contribution in [0.4, 0.5) is 5.13 Å². The number of carbonyl (C=O) groups excluding carboxylic acids is 1. The van der Waals surface area contributed by atoms with Gasteiger partial charge in [-0.1, -0.05) is 29.5 Å². The summed E-state index contributed by atoms with van der Waals surface area (Å²) in [7, 11) is 0. The highest BCUT2D eigenvalue weighted by atomic mass is 32.1. The van der Waals surface area contributed by atoms with Gasteiger partial charge < -0.3 is 0 Å². The lowest BCUT2D eigenvalue weighted by molar-refractivity contribution is 0.102. The molecule has 0 spiro atoms. The molecule has 1 amide bonds. The lowest BCUT2D eigenvalue weighted by Crippen LogP contribution is -2.23. The Labute approximate surface area is 155 Å². The summed E-state index contributed by atoms with van der Waals surface area (Å²) in [6.07, 6.45) is 4.18. The first-order valence-corrected chi connectivity index (χ1v) is 9.49. The molecule has 1 N–H and O–H groups in total. The van der Waals surface area contributed by atoms with E-state index in [1.165, 1.54) is 23.3 Å². The van der Waals surface area contributed by atoms with E-state index in [0.717, 1.165) is 25.2 Å². The molecule has 1 aliphatic heterocycles. The minimum absolute atomic E-state index is 0.166. The summed E-state index contributed by atoms with van der Waals surface area (Å²) >= 11 is 1.30. The molecular weight excluding hydrogens is 346 g/mol. The van der Waals surface area contributed by atoms with Gasteiger partial charge in [0.15, 0.2) is 0 Å². The number of rotatable bonds is 5. The number of hydrogen-bond donors (Lipinski definition) is 1. The van der Waals surface area contributed by atoms with Crippen LogP contribution in [-0.4, -0.2) is 32.5 Å². The molecule has 0 saturated carbocycles. The van der Waals surface area contributed by atoms with Crippen molar-refractivity contribution in [2.75, 3.05) is 11.9 Å². The minimum Gasteiger partial charge on any atom is -0.296 e. The fourth-order valence-electron chi connectivity index (χ4n) is 3.32. The van der Waals surface area contributed by atoms with E-state index in [0.29, 0.717) is 16.7 Å². The Bertz CT molecular complexity index is 851. The number of likely N-dealkylation sites (tertiary alicyclic amines) is 1. The minimum atomic E-state index is -0.166. The zero-order valence-electron chi connectivity index (χ0n) is 14.2. The van der Waals surface area contributed by atoms with Crippen LogP contribution in [-0.2, 0) is 6.54 Å². The molecule has 0 aliphatic carbocycles. The van der Waals surface area contributed by atoms with Gasteiger partial charge in [0.05, 0.1) is 11.7 Å². The average Bonchev–Trinajstić information content (AvgIpc) is 3.35. The van der Waals surface area contributed by atoms with Crippen LogP contribution in [0.25, 0.3) is 0 Å². The molecule has 1 unspecified atom stereocenters. The second-order valence-corrected chi connectivity index (χ2v) is 7.11. The Morgan fingerprint density at radius 3 is 2.85 bits per heavy atom. The fourth-order valence-corrected chi connectivity index (χ4v) is 3.76. The third kappa shape index (κ3) is 3.79. The lowest BCUT2D eigenvalue weighted by Gasteiger charge is -2.24. The lowest BCUT2D eigenvalue weighted by atomic mass is 10.1. The molecule has 0 bridgehead atoms. The van der Waals surface area contributed by atoms with Crippen molar-refractivity contribution in [1.29, 1.82) is 0 Å². The number of hydrogen-bond acceptors (Lipinski definition) is 6. The molecule has 132 valence electrons. The molecule has 1 fully saturated rings. The summed E-state index contributed by atoms with van der Waals surface area (Å²) in [4.78, 5) is 19.2. The van der Waals surface area contributed by atoms with Gasteiger partial charge in [0.1, 0.15) is 5.51 Å². The standard InChI is InChI=1S/C19H19N5OS/c25-18(22-19-23-21-13-26-19)15-8-6-14(7-9-15)12-24-11-3-5-17(24)16-4-1-2-10-20-16/h1-2,4,6-10,13,17H,3,5,11-12H2,(H,22,23,25). The van der Waals surface area contributed by atoms with Crippen LogP contribution < -0.4 is 5.32 Å². The van der Waals surface area contributed by atoms with Crippen molar-refractivity contribution in [3.05, 3.63) is 71.0 Å². The summed E-state index contributed by atoms with van der Waals surface area (Å²) < 4.78 is 0. The zero-order chi connectivity index (χ0) is 17.8. The van der Waals surface area contributed by atoms with Crippen LogP contribution in [0.2, 0.25) is 0 Å². The molecule has 3 aromatic rings. The highest BCUT2D eigenvalue weighted by Gasteiger charge is 2.26. The van der Waals surface area contributed by atoms with Gasteiger partial charge >= 0.3 is 0 Å². The third-order valence-electron chi connectivity index (χ3n) is 4.58. The summed E-state index contributed by atoms with van der Waals surface area (Å²) in [6.45, 7) is 1.93. The first kappa shape index (κ1) is 16.8. The number of pyridine rings is 1. The third-order valence-corrected chi connectivity index (χ3v) is 5.18. The number of nitrogens with zero attached hydrogens (tertiary/aromatic N) is 4. The Morgan fingerprint density at radius 2 is 2.12 bits per heavy atom. The topological polar surface area (TPSA) is 71.0 Å². The Hall–Kier alpha value is -2.64. The summed E-state index contributed by atoms with van der Waals surface area (Å²) in [5, 5.41) is 10.8. The van der Waals surface area contributed by atoms with Crippen LogP contribution >= 0.6 is 11.3 Å². The summed E-state index contributed by atoms with van der Waals surface area (Å²) in [5.41, 5.74) is 4.54. The van der Waals surface area contributed by atoms with Crippen LogP contribution in [0.5, 0.6) is 0 Å². The van der Waals surface area contributed by atoms with Crippen LogP contribution in [0, 0.1) is 0 Å². The van der Waals surface area contributed by atoms with Crippen molar-refractivity contribution in [1.82, 2.24) is 20.1 Å². The maximum atomic E-state index is 12.2. The smallest absolute Gasteiger partial charge is 0.257 e. The number of anilines is 1. The largest absolute Gasteiger partial charge is 0.296 e. The van der Waals surface area contributed by atoms with Crippen molar-refractivity contribution in [2.24, 2.45) is 0 Å².